The quantitative estimate of drug-likeness (QED) is 0.539. The number of nitrogens with zero attached hydrogens (tertiary/aromatic N) is 1. The fraction of sp³-hybridized carbons (Fsp3) is 0.100. The maximum absolute atomic E-state index is 11.1. The molecule has 0 aliphatic rings. The summed E-state index contributed by atoms with van der Waals surface area (Å²) in [5, 5.41) is 0. The molecule has 1 heterocycles. The van der Waals surface area contributed by atoms with Gasteiger partial charge in [0.2, 0.25) is 5.88 Å². The molecule has 0 aromatic carbocycles. The van der Waals surface area contributed by atoms with Crippen LogP contribution >= 0.6 is 0 Å². The third-order valence-corrected chi connectivity index (χ3v) is 1.40. The van der Waals surface area contributed by atoms with Crippen LogP contribution in [0.25, 0.3) is 0 Å². The molecule has 0 unspecified atom stereocenters. The van der Waals surface area contributed by atoms with Gasteiger partial charge in [0.05, 0.1) is 7.11 Å². The predicted molar refractivity (Wildman–Crippen MR) is 51.0 cm³/mol. The van der Waals surface area contributed by atoms with E-state index in [1.165, 1.54) is 19.4 Å². The molecule has 0 N–H and O–H groups in total. The van der Waals surface area contributed by atoms with Gasteiger partial charge in [-0.25, -0.2) is 14.6 Å². The molecule has 0 atom stereocenters. The first kappa shape index (κ1) is 10.9. The summed E-state index contributed by atoms with van der Waals surface area (Å²) in [4.78, 5) is 25.5. The van der Waals surface area contributed by atoms with Crippen molar-refractivity contribution in [1.29, 1.82) is 0 Å². The molecule has 0 aliphatic heterocycles. The lowest BCUT2D eigenvalue weighted by Crippen LogP contribution is -2.06. The van der Waals surface area contributed by atoms with Crippen molar-refractivity contribution in [2.24, 2.45) is 0 Å². The van der Waals surface area contributed by atoms with Crippen LogP contribution in [0, 0.1) is 0 Å². The lowest BCUT2D eigenvalue weighted by Gasteiger charge is -1.97. The van der Waals surface area contributed by atoms with Crippen LogP contribution in [0.15, 0.2) is 36.5 Å². The van der Waals surface area contributed by atoms with Gasteiger partial charge in [-0.15, -0.1) is 0 Å². The van der Waals surface area contributed by atoms with Gasteiger partial charge in [0.15, 0.2) is 0 Å². The average Bonchev–Trinajstić information content (AvgIpc) is 2.27. The maximum atomic E-state index is 11.1. The number of hydrogen-bond donors (Lipinski definition) is 0. The van der Waals surface area contributed by atoms with E-state index in [4.69, 9.17) is 4.74 Å². The summed E-state index contributed by atoms with van der Waals surface area (Å²) in [6.07, 6.45) is 3.44. The van der Waals surface area contributed by atoms with Crippen molar-refractivity contribution in [1.82, 2.24) is 4.98 Å². The molecule has 0 amide bonds. The molecule has 78 valence electrons. The van der Waals surface area contributed by atoms with Gasteiger partial charge in [0, 0.05) is 24.4 Å². The van der Waals surface area contributed by atoms with E-state index in [-0.39, 0.29) is 5.88 Å². The summed E-state index contributed by atoms with van der Waals surface area (Å²) in [6, 6.07) is 4.91. The number of ether oxygens (including phenoxy) is 2. The number of hydrogen-bond acceptors (Lipinski definition) is 5. The summed E-state index contributed by atoms with van der Waals surface area (Å²) in [5.41, 5.74) is 0. The van der Waals surface area contributed by atoms with E-state index in [0.717, 1.165) is 12.2 Å². The maximum Gasteiger partial charge on any atom is 0.337 e. The zero-order chi connectivity index (χ0) is 11.1. The van der Waals surface area contributed by atoms with E-state index < -0.39 is 11.9 Å². The third kappa shape index (κ3) is 4.04. The van der Waals surface area contributed by atoms with Crippen LogP contribution in [0.5, 0.6) is 5.88 Å². The van der Waals surface area contributed by atoms with Crippen molar-refractivity contribution in [2.75, 3.05) is 7.11 Å². The first-order valence-electron chi connectivity index (χ1n) is 4.11. The molecule has 1 rings (SSSR count). The van der Waals surface area contributed by atoms with Gasteiger partial charge >= 0.3 is 11.9 Å². The van der Waals surface area contributed by atoms with Crippen molar-refractivity contribution in [3.63, 3.8) is 0 Å². The van der Waals surface area contributed by atoms with Gasteiger partial charge in [-0.05, 0) is 6.07 Å². The average molecular weight is 207 g/mol. The van der Waals surface area contributed by atoms with Gasteiger partial charge < -0.3 is 9.47 Å². The van der Waals surface area contributed by atoms with Crippen LogP contribution in [-0.2, 0) is 14.3 Å². The molecular weight excluding hydrogens is 198 g/mol. The Labute approximate surface area is 86.3 Å². The minimum atomic E-state index is -0.681. The monoisotopic (exact) mass is 207 g/mol. The number of methoxy groups -OCH3 is 1. The summed E-state index contributed by atoms with van der Waals surface area (Å²) in [6.45, 7) is 0. The molecular formula is C10H9NO4. The van der Waals surface area contributed by atoms with Crippen LogP contribution in [0.2, 0.25) is 0 Å². The van der Waals surface area contributed by atoms with Gasteiger partial charge in [0.25, 0.3) is 0 Å². The highest BCUT2D eigenvalue weighted by molar-refractivity contribution is 5.92. The second-order valence-corrected chi connectivity index (χ2v) is 2.45. The lowest BCUT2D eigenvalue weighted by atomic mass is 10.5. The van der Waals surface area contributed by atoms with E-state index in [2.05, 4.69) is 9.72 Å². The molecule has 0 radical (unpaired) electrons. The van der Waals surface area contributed by atoms with E-state index in [1.54, 1.807) is 12.1 Å². The number of carbonyl (C=O) groups excluding carboxylic acids is 2. The number of pyridine rings is 1. The molecule has 1 aromatic heterocycles. The molecule has 5 nitrogen and oxygen atoms in total. The Morgan fingerprint density at radius 2 is 2.00 bits per heavy atom. The summed E-state index contributed by atoms with van der Waals surface area (Å²) >= 11 is 0. The van der Waals surface area contributed by atoms with E-state index in [0.29, 0.717) is 0 Å². The van der Waals surface area contributed by atoms with Gasteiger partial charge in [-0.3, -0.25) is 0 Å². The molecule has 0 saturated heterocycles. The smallest absolute Gasteiger partial charge is 0.337 e. The number of esters is 2. The number of rotatable bonds is 3. The molecule has 1 aromatic rings. The van der Waals surface area contributed by atoms with Gasteiger partial charge in [-0.1, -0.05) is 6.07 Å². The highest BCUT2D eigenvalue weighted by Gasteiger charge is 2.01. The largest absolute Gasteiger partial charge is 0.466 e. The normalized spacial score (nSPS) is 9.93. The standard InChI is InChI=1S/C10H9NO4/c1-14-9(12)5-6-10(13)15-8-4-2-3-7-11-8/h2-7H,1H3/b6-5+. The van der Waals surface area contributed by atoms with Crippen molar-refractivity contribution in [3.8, 4) is 5.88 Å². The number of carbonyl (C=O) groups is 2. The topological polar surface area (TPSA) is 65.5 Å². The van der Waals surface area contributed by atoms with Crippen molar-refractivity contribution in [2.45, 2.75) is 0 Å². The number of aromatic nitrogens is 1. The Balaban J connectivity index is 2.50. The van der Waals surface area contributed by atoms with Crippen molar-refractivity contribution < 1.29 is 19.1 Å². The Morgan fingerprint density at radius 1 is 1.27 bits per heavy atom. The zero-order valence-electron chi connectivity index (χ0n) is 8.04. The molecule has 15 heavy (non-hydrogen) atoms. The second kappa shape index (κ2) is 5.54. The molecule has 0 aliphatic carbocycles. The zero-order valence-corrected chi connectivity index (χ0v) is 8.04. The minimum absolute atomic E-state index is 0.178. The molecule has 0 bridgehead atoms. The van der Waals surface area contributed by atoms with Gasteiger partial charge in [-0.2, -0.15) is 0 Å². The molecule has 5 heteroatoms. The van der Waals surface area contributed by atoms with Crippen LogP contribution in [-0.4, -0.2) is 24.0 Å². The lowest BCUT2D eigenvalue weighted by molar-refractivity contribution is -0.135. The highest BCUT2D eigenvalue weighted by atomic mass is 16.5. The fourth-order valence-electron chi connectivity index (χ4n) is 0.749. The Kier molecular flexibility index (Phi) is 4.03. The van der Waals surface area contributed by atoms with E-state index in [1.807, 2.05) is 0 Å². The Bertz CT molecular complexity index is 372. The van der Waals surface area contributed by atoms with E-state index in [9.17, 15) is 9.59 Å². The molecule has 0 spiro atoms. The highest BCUT2D eigenvalue weighted by Crippen LogP contribution is 2.03. The second-order valence-electron chi connectivity index (χ2n) is 2.45. The van der Waals surface area contributed by atoms with Crippen LogP contribution in [0.1, 0.15) is 0 Å². The SMILES string of the molecule is COC(=O)/C=C/C(=O)Oc1ccccn1. The Morgan fingerprint density at radius 3 is 2.60 bits per heavy atom. The predicted octanol–water partition coefficient (Wildman–Crippen LogP) is 0.716. The van der Waals surface area contributed by atoms with E-state index >= 15 is 0 Å². The first-order valence-corrected chi connectivity index (χ1v) is 4.11. The minimum Gasteiger partial charge on any atom is -0.466 e. The van der Waals surface area contributed by atoms with Crippen LogP contribution in [0.4, 0.5) is 0 Å². The van der Waals surface area contributed by atoms with Gasteiger partial charge in [0.1, 0.15) is 0 Å². The van der Waals surface area contributed by atoms with Crippen LogP contribution in [0.3, 0.4) is 0 Å². The summed E-state index contributed by atoms with van der Waals surface area (Å²) in [7, 11) is 1.22. The Hall–Kier alpha value is -2.17. The van der Waals surface area contributed by atoms with Crippen LogP contribution < -0.4 is 4.74 Å². The fourth-order valence-corrected chi connectivity index (χ4v) is 0.749. The molecule has 0 fully saturated rings. The molecule has 0 saturated carbocycles. The first-order chi connectivity index (χ1) is 7.22. The van der Waals surface area contributed by atoms with Crippen molar-refractivity contribution in [3.05, 3.63) is 36.5 Å². The third-order valence-electron chi connectivity index (χ3n) is 1.40. The summed E-state index contributed by atoms with van der Waals surface area (Å²) < 4.78 is 9.07. The van der Waals surface area contributed by atoms with Crippen molar-refractivity contribution >= 4 is 11.9 Å². The summed E-state index contributed by atoms with van der Waals surface area (Å²) in [5.74, 6) is -1.12.